The molecule has 2 unspecified atom stereocenters. The normalized spacial score (nSPS) is 21.0. The van der Waals surface area contributed by atoms with E-state index in [1.54, 1.807) is 0 Å². The van der Waals surface area contributed by atoms with Crippen LogP contribution in [0.5, 0.6) is 0 Å². The summed E-state index contributed by atoms with van der Waals surface area (Å²) in [7, 11) is 0. The molecule has 0 radical (unpaired) electrons. The Morgan fingerprint density at radius 1 is 1.24 bits per heavy atom. The monoisotopic (exact) mass is 241 g/mol. The molecule has 0 saturated heterocycles. The predicted molar refractivity (Wildman–Crippen MR) is 74.3 cm³/mol. The molecule has 2 atom stereocenters. The zero-order valence-electron chi connectivity index (χ0n) is 12.4. The van der Waals surface area contributed by atoms with Crippen molar-refractivity contribution in [3.63, 3.8) is 0 Å². The summed E-state index contributed by atoms with van der Waals surface area (Å²) in [5.41, 5.74) is 0.215. The molecule has 17 heavy (non-hydrogen) atoms. The van der Waals surface area contributed by atoms with Crippen LogP contribution >= 0.6 is 0 Å². The fourth-order valence-corrected chi connectivity index (χ4v) is 2.81. The van der Waals surface area contributed by atoms with E-state index >= 15 is 0 Å². The fraction of sp³-hybridized carbons (Fsp3) is 1.00. The molecule has 0 aromatic rings. The van der Waals surface area contributed by atoms with Crippen molar-refractivity contribution in [2.24, 2.45) is 11.3 Å². The number of hydrogen-bond acceptors (Lipinski definition) is 2. The van der Waals surface area contributed by atoms with Crippen molar-refractivity contribution in [3.05, 3.63) is 0 Å². The van der Waals surface area contributed by atoms with Gasteiger partial charge in [-0.25, -0.2) is 0 Å². The van der Waals surface area contributed by atoms with Crippen LogP contribution in [0.1, 0.15) is 60.3 Å². The molecule has 1 rings (SSSR count). The smallest absolute Gasteiger partial charge is 0.0776 e. The highest BCUT2D eigenvalue weighted by Crippen LogP contribution is 2.34. The minimum absolute atomic E-state index is 0.215. The van der Waals surface area contributed by atoms with E-state index in [1.165, 1.54) is 25.7 Å². The Kier molecular flexibility index (Phi) is 5.94. The highest BCUT2D eigenvalue weighted by atomic mass is 16.5. The summed E-state index contributed by atoms with van der Waals surface area (Å²) in [5, 5.41) is 3.65. The van der Waals surface area contributed by atoms with E-state index in [4.69, 9.17) is 4.74 Å². The summed E-state index contributed by atoms with van der Waals surface area (Å²) < 4.78 is 6.03. The molecule has 2 nitrogen and oxygen atoms in total. The first kappa shape index (κ1) is 15.0. The second kappa shape index (κ2) is 6.75. The second-order valence-corrected chi connectivity index (χ2v) is 6.44. The van der Waals surface area contributed by atoms with Gasteiger partial charge in [0, 0.05) is 12.6 Å². The molecule has 102 valence electrons. The number of nitrogens with one attached hydrogen (secondary N) is 1. The van der Waals surface area contributed by atoms with Gasteiger partial charge in [0.1, 0.15) is 0 Å². The van der Waals surface area contributed by atoms with Crippen molar-refractivity contribution < 1.29 is 4.74 Å². The first-order valence-electron chi connectivity index (χ1n) is 7.34. The Balaban J connectivity index is 2.61. The minimum Gasteiger partial charge on any atom is -0.376 e. The summed E-state index contributed by atoms with van der Waals surface area (Å²) in [6, 6.07) is 0.519. The van der Waals surface area contributed by atoms with Gasteiger partial charge in [-0.15, -0.1) is 0 Å². The highest BCUT2D eigenvalue weighted by Gasteiger charge is 2.34. The lowest BCUT2D eigenvalue weighted by atomic mass is 9.75. The van der Waals surface area contributed by atoms with E-state index in [1.807, 2.05) is 0 Å². The largest absolute Gasteiger partial charge is 0.376 e. The SMILES string of the molecule is CCNC(CC1CCC1)C(OCC)C(C)(C)C. The fourth-order valence-electron chi connectivity index (χ4n) is 2.81. The molecule has 1 fully saturated rings. The van der Waals surface area contributed by atoms with Crippen LogP contribution in [-0.2, 0) is 4.74 Å². The van der Waals surface area contributed by atoms with Gasteiger partial charge in [0.15, 0.2) is 0 Å². The zero-order chi connectivity index (χ0) is 12.9. The highest BCUT2D eigenvalue weighted by molar-refractivity contribution is 4.89. The van der Waals surface area contributed by atoms with Gasteiger partial charge >= 0.3 is 0 Å². The molecule has 0 amide bonds. The number of ether oxygens (including phenoxy) is 1. The van der Waals surface area contributed by atoms with Crippen LogP contribution in [0.2, 0.25) is 0 Å². The van der Waals surface area contributed by atoms with Gasteiger partial charge in [-0.1, -0.05) is 47.0 Å². The molecule has 0 aromatic carbocycles. The van der Waals surface area contributed by atoms with Gasteiger partial charge in [0.05, 0.1) is 6.10 Å². The lowest BCUT2D eigenvalue weighted by Gasteiger charge is -2.40. The van der Waals surface area contributed by atoms with Crippen LogP contribution in [0.3, 0.4) is 0 Å². The quantitative estimate of drug-likeness (QED) is 0.735. The molecular formula is C15H31NO. The van der Waals surface area contributed by atoms with E-state index in [9.17, 15) is 0 Å². The summed E-state index contributed by atoms with van der Waals surface area (Å²) >= 11 is 0. The molecule has 1 N–H and O–H groups in total. The van der Waals surface area contributed by atoms with E-state index in [0.717, 1.165) is 19.1 Å². The Labute approximate surface area is 108 Å². The summed E-state index contributed by atoms with van der Waals surface area (Å²) in [6.07, 6.45) is 5.89. The van der Waals surface area contributed by atoms with Crippen LogP contribution in [0.4, 0.5) is 0 Å². The molecular weight excluding hydrogens is 210 g/mol. The molecule has 2 heteroatoms. The van der Waals surface area contributed by atoms with Gasteiger partial charge < -0.3 is 10.1 Å². The molecule has 1 aliphatic carbocycles. The topological polar surface area (TPSA) is 21.3 Å². The third kappa shape index (κ3) is 4.59. The van der Waals surface area contributed by atoms with Gasteiger partial charge in [-0.05, 0) is 31.2 Å². The van der Waals surface area contributed by atoms with E-state index < -0.39 is 0 Å². The van der Waals surface area contributed by atoms with Gasteiger partial charge in [-0.2, -0.15) is 0 Å². The molecule has 0 heterocycles. The number of rotatable bonds is 7. The molecule has 0 bridgehead atoms. The number of likely N-dealkylation sites (N-methyl/N-ethyl adjacent to an activating group) is 1. The van der Waals surface area contributed by atoms with Crippen molar-refractivity contribution in [2.75, 3.05) is 13.2 Å². The van der Waals surface area contributed by atoms with Crippen LogP contribution in [0.25, 0.3) is 0 Å². The molecule has 1 aliphatic rings. The zero-order valence-corrected chi connectivity index (χ0v) is 12.4. The maximum absolute atomic E-state index is 6.03. The first-order chi connectivity index (χ1) is 7.99. The molecule has 1 saturated carbocycles. The lowest BCUT2D eigenvalue weighted by molar-refractivity contribution is -0.0425. The average molecular weight is 241 g/mol. The lowest BCUT2D eigenvalue weighted by Crippen LogP contribution is -2.49. The minimum atomic E-state index is 0.215. The van der Waals surface area contributed by atoms with E-state index in [-0.39, 0.29) is 5.41 Å². The van der Waals surface area contributed by atoms with Crippen LogP contribution in [0.15, 0.2) is 0 Å². The molecule has 0 spiro atoms. The van der Waals surface area contributed by atoms with Crippen molar-refractivity contribution in [1.82, 2.24) is 5.32 Å². The van der Waals surface area contributed by atoms with Crippen molar-refractivity contribution in [2.45, 2.75) is 72.4 Å². The van der Waals surface area contributed by atoms with Crippen molar-refractivity contribution in [3.8, 4) is 0 Å². The second-order valence-electron chi connectivity index (χ2n) is 6.44. The Morgan fingerprint density at radius 3 is 2.24 bits per heavy atom. The summed E-state index contributed by atoms with van der Waals surface area (Å²) in [4.78, 5) is 0. The standard InChI is InChI=1S/C15H31NO/c1-6-16-13(11-12-9-8-10-12)14(17-7-2)15(3,4)5/h12-14,16H,6-11H2,1-5H3. The van der Waals surface area contributed by atoms with Crippen LogP contribution < -0.4 is 5.32 Å². The first-order valence-corrected chi connectivity index (χ1v) is 7.34. The molecule has 0 aromatic heterocycles. The number of hydrogen-bond donors (Lipinski definition) is 1. The third-order valence-electron chi connectivity index (χ3n) is 3.84. The van der Waals surface area contributed by atoms with Gasteiger partial charge in [-0.3, -0.25) is 0 Å². The van der Waals surface area contributed by atoms with E-state index in [0.29, 0.717) is 12.1 Å². The Morgan fingerprint density at radius 2 is 1.88 bits per heavy atom. The Bertz CT molecular complexity index is 205. The molecule has 0 aliphatic heterocycles. The third-order valence-corrected chi connectivity index (χ3v) is 3.84. The van der Waals surface area contributed by atoms with Crippen molar-refractivity contribution >= 4 is 0 Å². The Hall–Kier alpha value is -0.0800. The summed E-state index contributed by atoms with van der Waals surface area (Å²) in [5.74, 6) is 0.935. The average Bonchev–Trinajstić information content (AvgIpc) is 2.17. The van der Waals surface area contributed by atoms with Gasteiger partial charge in [0.25, 0.3) is 0 Å². The predicted octanol–water partition coefficient (Wildman–Crippen LogP) is 3.61. The maximum atomic E-state index is 6.03. The maximum Gasteiger partial charge on any atom is 0.0776 e. The van der Waals surface area contributed by atoms with Crippen LogP contribution in [-0.4, -0.2) is 25.3 Å². The van der Waals surface area contributed by atoms with E-state index in [2.05, 4.69) is 39.9 Å². The van der Waals surface area contributed by atoms with Crippen molar-refractivity contribution in [1.29, 1.82) is 0 Å². The van der Waals surface area contributed by atoms with Gasteiger partial charge in [0.2, 0.25) is 0 Å². The van der Waals surface area contributed by atoms with Crippen LogP contribution in [0, 0.1) is 11.3 Å². The summed E-state index contributed by atoms with van der Waals surface area (Å²) in [6.45, 7) is 13.0.